The molecule has 0 spiro atoms. The van der Waals surface area contributed by atoms with Crippen molar-refractivity contribution in [3.63, 3.8) is 0 Å². The van der Waals surface area contributed by atoms with Gasteiger partial charge < -0.3 is 15.5 Å². The third-order valence-corrected chi connectivity index (χ3v) is 4.31. The van der Waals surface area contributed by atoms with E-state index in [1.165, 1.54) is 30.3 Å². The zero-order valence-electron chi connectivity index (χ0n) is 15.4. The molecule has 2 aromatic rings. The molecule has 0 fully saturated rings. The minimum absolute atomic E-state index is 0.0725. The number of amides is 2. The van der Waals surface area contributed by atoms with Crippen LogP contribution in [0.1, 0.15) is 12.5 Å². The number of quaternary nitrogens is 1. The number of anilines is 1. The standard InChI is InChI=1S/C20H23F2N3O2/c1-14(20(27)23-11-10-15-6-8-16(21)9-7-15)25(2)13-19(26)24-18-5-3-4-17(22)12-18/h3-9,12,14H,10-11,13H2,1-2H3,(H,23,27)(H,24,26)/p+1/t14-/m0/s1. The molecule has 27 heavy (non-hydrogen) atoms. The first-order chi connectivity index (χ1) is 12.8. The molecule has 2 amide bonds. The van der Waals surface area contributed by atoms with E-state index in [1.54, 1.807) is 32.2 Å². The van der Waals surface area contributed by atoms with Gasteiger partial charge in [-0.15, -0.1) is 0 Å². The van der Waals surface area contributed by atoms with Gasteiger partial charge in [0, 0.05) is 12.2 Å². The first-order valence-corrected chi connectivity index (χ1v) is 8.75. The predicted octanol–water partition coefficient (Wildman–Crippen LogP) is 1.17. The van der Waals surface area contributed by atoms with Gasteiger partial charge in [0.2, 0.25) is 0 Å². The molecule has 2 atom stereocenters. The lowest BCUT2D eigenvalue weighted by Crippen LogP contribution is -3.15. The fourth-order valence-electron chi connectivity index (χ4n) is 2.54. The highest BCUT2D eigenvalue weighted by Gasteiger charge is 2.23. The Hall–Kier alpha value is -2.80. The summed E-state index contributed by atoms with van der Waals surface area (Å²) < 4.78 is 26.0. The third-order valence-electron chi connectivity index (χ3n) is 4.31. The number of carbonyl (C=O) groups excluding carboxylic acids is 2. The average molecular weight is 376 g/mol. The lowest BCUT2D eigenvalue weighted by atomic mass is 10.1. The fourth-order valence-corrected chi connectivity index (χ4v) is 2.54. The van der Waals surface area contributed by atoms with E-state index in [4.69, 9.17) is 0 Å². The Bertz CT molecular complexity index is 781. The van der Waals surface area contributed by atoms with Crippen LogP contribution in [0.4, 0.5) is 14.5 Å². The Morgan fingerprint density at radius 1 is 1.07 bits per heavy atom. The predicted molar refractivity (Wildman–Crippen MR) is 99.4 cm³/mol. The molecule has 0 aliphatic heterocycles. The second-order valence-corrected chi connectivity index (χ2v) is 6.47. The van der Waals surface area contributed by atoms with E-state index >= 15 is 0 Å². The van der Waals surface area contributed by atoms with Crippen LogP contribution in [0.3, 0.4) is 0 Å². The van der Waals surface area contributed by atoms with E-state index in [0.29, 0.717) is 23.6 Å². The molecular formula is C20H24F2N3O2+. The van der Waals surface area contributed by atoms with Gasteiger partial charge in [0.15, 0.2) is 12.6 Å². The number of likely N-dealkylation sites (N-methyl/N-ethyl adjacent to an activating group) is 1. The lowest BCUT2D eigenvalue weighted by molar-refractivity contribution is -0.885. The van der Waals surface area contributed by atoms with Gasteiger partial charge in [-0.25, -0.2) is 8.78 Å². The monoisotopic (exact) mass is 376 g/mol. The summed E-state index contributed by atoms with van der Waals surface area (Å²) in [5.41, 5.74) is 1.31. The van der Waals surface area contributed by atoms with Gasteiger partial charge in [-0.2, -0.15) is 0 Å². The van der Waals surface area contributed by atoms with Gasteiger partial charge in [-0.1, -0.05) is 18.2 Å². The summed E-state index contributed by atoms with van der Waals surface area (Å²) in [6, 6.07) is 11.3. The topological polar surface area (TPSA) is 62.6 Å². The van der Waals surface area contributed by atoms with E-state index in [2.05, 4.69) is 10.6 Å². The molecule has 5 nitrogen and oxygen atoms in total. The van der Waals surface area contributed by atoms with Crippen molar-refractivity contribution in [1.82, 2.24) is 5.32 Å². The zero-order chi connectivity index (χ0) is 19.8. The van der Waals surface area contributed by atoms with E-state index in [1.807, 2.05) is 0 Å². The summed E-state index contributed by atoms with van der Waals surface area (Å²) in [6.07, 6.45) is 0.595. The maximum atomic E-state index is 13.1. The molecule has 0 aromatic heterocycles. The first kappa shape index (κ1) is 20.5. The molecule has 0 bridgehead atoms. The summed E-state index contributed by atoms with van der Waals surface area (Å²) in [6.45, 7) is 2.23. The number of rotatable bonds is 8. The number of benzene rings is 2. The van der Waals surface area contributed by atoms with Gasteiger partial charge >= 0.3 is 0 Å². The highest BCUT2D eigenvalue weighted by Crippen LogP contribution is 2.08. The van der Waals surface area contributed by atoms with Crippen LogP contribution in [0, 0.1) is 11.6 Å². The Balaban J connectivity index is 1.75. The molecule has 7 heteroatoms. The molecule has 3 N–H and O–H groups in total. The van der Waals surface area contributed by atoms with Crippen molar-refractivity contribution in [2.75, 3.05) is 25.5 Å². The van der Waals surface area contributed by atoms with Gasteiger partial charge in [0.1, 0.15) is 11.6 Å². The minimum atomic E-state index is -0.434. The third kappa shape index (κ3) is 6.79. The fraction of sp³-hybridized carbons (Fsp3) is 0.300. The normalized spacial score (nSPS) is 12.9. The van der Waals surface area contributed by atoms with Crippen LogP contribution >= 0.6 is 0 Å². The molecule has 1 unspecified atom stereocenters. The summed E-state index contributed by atoms with van der Waals surface area (Å²) in [4.78, 5) is 25.0. The summed E-state index contributed by atoms with van der Waals surface area (Å²) in [5.74, 6) is -1.20. The molecule has 0 saturated carbocycles. The maximum absolute atomic E-state index is 13.1. The SMILES string of the molecule is C[C@@H](C(=O)NCCc1ccc(F)cc1)[NH+](C)CC(=O)Nc1cccc(F)c1. The molecule has 0 saturated heterocycles. The number of hydrogen-bond donors (Lipinski definition) is 3. The largest absolute Gasteiger partial charge is 0.351 e. The zero-order valence-corrected chi connectivity index (χ0v) is 15.4. The van der Waals surface area contributed by atoms with Crippen LogP contribution in [-0.4, -0.2) is 38.0 Å². The van der Waals surface area contributed by atoms with E-state index in [-0.39, 0.29) is 24.2 Å². The second-order valence-electron chi connectivity index (χ2n) is 6.47. The van der Waals surface area contributed by atoms with Gasteiger partial charge in [0.05, 0.1) is 7.05 Å². The van der Waals surface area contributed by atoms with Crippen LogP contribution in [-0.2, 0) is 16.0 Å². The number of hydrogen-bond acceptors (Lipinski definition) is 2. The van der Waals surface area contributed by atoms with Crippen LogP contribution < -0.4 is 15.5 Å². The maximum Gasteiger partial charge on any atom is 0.279 e. The van der Waals surface area contributed by atoms with Gasteiger partial charge in [-0.3, -0.25) is 9.59 Å². The quantitative estimate of drug-likeness (QED) is 0.648. The summed E-state index contributed by atoms with van der Waals surface area (Å²) in [5, 5.41) is 5.44. The average Bonchev–Trinajstić information content (AvgIpc) is 2.62. The molecule has 0 radical (unpaired) electrons. The molecular weight excluding hydrogens is 352 g/mol. The van der Waals surface area contributed by atoms with Crippen molar-refractivity contribution in [2.45, 2.75) is 19.4 Å². The highest BCUT2D eigenvalue weighted by atomic mass is 19.1. The van der Waals surface area contributed by atoms with Crippen LogP contribution in [0.5, 0.6) is 0 Å². The van der Waals surface area contributed by atoms with Gasteiger partial charge in [0.25, 0.3) is 11.8 Å². The summed E-state index contributed by atoms with van der Waals surface area (Å²) >= 11 is 0. The Morgan fingerprint density at radius 2 is 1.78 bits per heavy atom. The molecule has 2 aromatic carbocycles. The van der Waals surface area contributed by atoms with Crippen molar-refractivity contribution in [3.8, 4) is 0 Å². The van der Waals surface area contributed by atoms with E-state index in [0.717, 1.165) is 5.56 Å². The van der Waals surface area contributed by atoms with Crippen LogP contribution in [0.15, 0.2) is 48.5 Å². The van der Waals surface area contributed by atoms with E-state index in [9.17, 15) is 18.4 Å². The first-order valence-electron chi connectivity index (χ1n) is 8.75. The van der Waals surface area contributed by atoms with Crippen molar-refractivity contribution >= 4 is 17.5 Å². The van der Waals surface area contributed by atoms with E-state index < -0.39 is 11.9 Å². The smallest absolute Gasteiger partial charge is 0.279 e. The van der Waals surface area contributed by atoms with Gasteiger partial charge in [-0.05, 0) is 49.2 Å². The molecule has 0 aliphatic carbocycles. The minimum Gasteiger partial charge on any atom is -0.351 e. The Morgan fingerprint density at radius 3 is 2.44 bits per heavy atom. The molecule has 144 valence electrons. The molecule has 2 rings (SSSR count). The number of carbonyl (C=O) groups is 2. The Labute approximate surface area is 157 Å². The number of nitrogens with one attached hydrogen (secondary N) is 3. The Kier molecular flexibility index (Phi) is 7.43. The van der Waals surface area contributed by atoms with Crippen molar-refractivity contribution in [2.24, 2.45) is 0 Å². The van der Waals surface area contributed by atoms with Crippen molar-refractivity contribution in [3.05, 3.63) is 65.7 Å². The van der Waals surface area contributed by atoms with Crippen molar-refractivity contribution < 1.29 is 23.3 Å². The molecule has 0 aliphatic rings. The van der Waals surface area contributed by atoms with Crippen LogP contribution in [0.25, 0.3) is 0 Å². The highest BCUT2D eigenvalue weighted by molar-refractivity contribution is 5.91. The lowest BCUT2D eigenvalue weighted by Gasteiger charge is -2.20. The summed E-state index contributed by atoms with van der Waals surface area (Å²) in [7, 11) is 1.75. The van der Waals surface area contributed by atoms with Crippen LogP contribution in [0.2, 0.25) is 0 Å². The number of halogens is 2. The van der Waals surface area contributed by atoms with Crippen molar-refractivity contribution in [1.29, 1.82) is 0 Å². The second kappa shape index (κ2) is 9.78. The molecule has 0 heterocycles.